The van der Waals surface area contributed by atoms with Crippen molar-refractivity contribution in [3.63, 3.8) is 0 Å². The first-order valence-corrected chi connectivity index (χ1v) is 7.15. The van der Waals surface area contributed by atoms with Gasteiger partial charge in [0.25, 0.3) is 5.95 Å². The molecule has 0 aromatic carbocycles. The van der Waals surface area contributed by atoms with Crippen LogP contribution in [0.1, 0.15) is 26.2 Å². The van der Waals surface area contributed by atoms with E-state index in [1.807, 2.05) is 0 Å². The maximum absolute atomic E-state index is 6.01. The predicted molar refractivity (Wildman–Crippen MR) is 75.0 cm³/mol. The van der Waals surface area contributed by atoms with Gasteiger partial charge in [-0.15, -0.1) is 0 Å². The van der Waals surface area contributed by atoms with E-state index in [-0.39, 0.29) is 5.28 Å². The van der Waals surface area contributed by atoms with E-state index >= 15 is 0 Å². The Bertz CT molecular complexity index is 571. The summed E-state index contributed by atoms with van der Waals surface area (Å²) in [4.78, 5) is 18.8. The maximum Gasteiger partial charge on any atom is 0.258 e. The Morgan fingerprint density at radius 1 is 1.30 bits per heavy atom. The van der Waals surface area contributed by atoms with Crippen LogP contribution >= 0.6 is 11.6 Å². The van der Waals surface area contributed by atoms with Crippen molar-refractivity contribution in [2.24, 2.45) is 5.92 Å². The van der Waals surface area contributed by atoms with Gasteiger partial charge in [0.05, 0.1) is 0 Å². The van der Waals surface area contributed by atoms with E-state index in [0.717, 1.165) is 19.5 Å². The Morgan fingerprint density at radius 2 is 2.15 bits per heavy atom. The minimum atomic E-state index is 0.180. The van der Waals surface area contributed by atoms with Crippen LogP contribution in [-0.4, -0.2) is 42.8 Å². The van der Waals surface area contributed by atoms with Gasteiger partial charge in [0.1, 0.15) is 12.7 Å². The molecule has 0 N–H and O–H groups in total. The molecule has 0 bridgehead atoms. The number of rotatable bonds is 3. The van der Waals surface area contributed by atoms with Crippen LogP contribution in [0.25, 0.3) is 5.95 Å². The number of nitrogens with zero attached hydrogens (tertiary/aromatic N) is 7. The summed E-state index contributed by atoms with van der Waals surface area (Å²) in [5.41, 5.74) is 0. The normalized spacial score (nSPS) is 19.3. The molecule has 106 valence electrons. The molecule has 0 aliphatic carbocycles. The first-order valence-electron chi connectivity index (χ1n) is 6.77. The minimum Gasteiger partial charge on any atom is -0.340 e. The second-order valence-electron chi connectivity index (χ2n) is 4.91. The van der Waals surface area contributed by atoms with Gasteiger partial charge in [-0.05, 0) is 30.4 Å². The summed E-state index contributed by atoms with van der Waals surface area (Å²) < 4.78 is 1.48. The molecule has 3 heterocycles. The fourth-order valence-corrected chi connectivity index (χ4v) is 2.62. The average molecular weight is 294 g/mol. The summed E-state index contributed by atoms with van der Waals surface area (Å²) in [6, 6.07) is 0. The summed E-state index contributed by atoms with van der Waals surface area (Å²) in [6.07, 6.45) is 6.57. The molecule has 1 unspecified atom stereocenters. The molecular weight excluding hydrogens is 278 g/mol. The molecule has 0 amide bonds. The van der Waals surface area contributed by atoms with Gasteiger partial charge >= 0.3 is 0 Å². The minimum absolute atomic E-state index is 0.180. The zero-order valence-corrected chi connectivity index (χ0v) is 12.0. The van der Waals surface area contributed by atoms with Crippen molar-refractivity contribution in [3.05, 3.63) is 17.9 Å². The number of piperidine rings is 1. The molecule has 1 fully saturated rings. The highest BCUT2D eigenvalue weighted by atomic mass is 35.5. The molecule has 1 saturated heterocycles. The van der Waals surface area contributed by atoms with Crippen molar-refractivity contribution in [1.82, 2.24) is 29.7 Å². The molecule has 0 radical (unpaired) electrons. The van der Waals surface area contributed by atoms with Crippen molar-refractivity contribution in [2.45, 2.75) is 26.2 Å². The third kappa shape index (κ3) is 2.72. The Labute approximate surface area is 122 Å². The van der Waals surface area contributed by atoms with Crippen molar-refractivity contribution in [3.8, 4) is 5.95 Å². The summed E-state index contributed by atoms with van der Waals surface area (Å²) in [5, 5.41) is 4.20. The van der Waals surface area contributed by atoms with Crippen molar-refractivity contribution in [1.29, 1.82) is 0 Å². The van der Waals surface area contributed by atoms with E-state index in [0.29, 0.717) is 17.8 Å². The van der Waals surface area contributed by atoms with Crippen LogP contribution in [0.3, 0.4) is 0 Å². The Hall–Kier alpha value is -1.76. The lowest BCUT2D eigenvalue weighted by atomic mass is 9.96. The number of anilines is 1. The van der Waals surface area contributed by atoms with Crippen LogP contribution in [0.2, 0.25) is 5.28 Å². The highest BCUT2D eigenvalue weighted by Crippen LogP contribution is 2.23. The van der Waals surface area contributed by atoms with E-state index in [9.17, 15) is 0 Å². The molecule has 1 aliphatic rings. The van der Waals surface area contributed by atoms with Gasteiger partial charge in [-0.3, -0.25) is 0 Å². The highest BCUT2D eigenvalue weighted by Gasteiger charge is 2.21. The molecule has 2 aromatic rings. The van der Waals surface area contributed by atoms with Gasteiger partial charge in [-0.2, -0.15) is 24.7 Å². The third-order valence-corrected chi connectivity index (χ3v) is 3.76. The van der Waals surface area contributed by atoms with Gasteiger partial charge in [0.2, 0.25) is 11.2 Å². The summed E-state index contributed by atoms with van der Waals surface area (Å²) in [6.45, 7) is 4.14. The zero-order valence-electron chi connectivity index (χ0n) is 11.3. The van der Waals surface area contributed by atoms with Crippen LogP contribution in [0.5, 0.6) is 0 Å². The van der Waals surface area contributed by atoms with Crippen LogP contribution in [0, 0.1) is 5.92 Å². The molecule has 0 spiro atoms. The Balaban J connectivity index is 1.89. The monoisotopic (exact) mass is 293 g/mol. The van der Waals surface area contributed by atoms with E-state index in [2.05, 4.69) is 36.9 Å². The molecule has 8 heteroatoms. The summed E-state index contributed by atoms with van der Waals surface area (Å²) >= 11 is 6.01. The van der Waals surface area contributed by atoms with E-state index in [4.69, 9.17) is 11.6 Å². The first-order chi connectivity index (χ1) is 9.76. The van der Waals surface area contributed by atoms with Crippen molar-refractivity contribution in [2.75, 3.05) is 18.0 Å². The van der Waals surface area contributed by atoms with Crippen molar-refractivity contribution < 1.29 is 0 Å². The van der Waals surface area contributed by atoms with Crippen LogP contribution in [-0.2, 0) is 0 Å². The largest absolute Gasteiger partial charge is 0.340 e. The molecule has 1 aliphatic heterocycles. The topological polar surface area (TPSA) is 72.6 Å². The summed E-state index contributed by atoms with van der Waals surface area (Å²) in [5.74, 6) is 1.71. The SMILES string of the molecule is CCC1CCCN(c2nc(Cl)nc(-n3cncn3)n2)C1. The smallest absolute Gasteiger partial charge is 0.258 e. The molecule has 2 aromatic heterocycles. The number of hydrogen-bond donors (Lipinski definition) is 0. The molecule has 0 saturated carbocycles. The second-order valence-corrected chi connectivity index (χ2v) is 5.25. The van der Waals surface area contributed by atoms with Gasteiger partial charge in [-0.25, -0.2) is 4.98 Å². The molecule has 3 rings (SSSR count). The predicted octanol–water partition coefficient (Wildman–Crippen LogP) is 1.73. The lowest BCUT2D eigenvalue weighted by Gasteiger charge is -2.32. The van der Waals surface area contributed by atoms with E-state index < -0.39 is 0 Å². The Kier molecular flexibility index (Phi) is 3.77. The van der Waals surface area contributed by atoms with Crippen molar-refractivity contribution >= 4 is 17.5 Å². The van der Waals surface area contributed by atoms with Gasteiger partial charge in [0, 0.05) is 13.1 Å². The number of hydrogen-bond acceptors (Lipinski definition) is 6. The maximum atomic E-state index is 6.01. The van der Waals surface area contributed by atoms with E-state index in [1.165, 1.54) is 23.9 Å². The van der Waals surface area contributed by atoms with Gasteiger partial charge in [0.15, 0.2) is 0 Å². The van der Waals surface area contributed by atoms with Crippen LogP contribution in [0.15, 0.2) is 12.7 Å². The van der Waals surface area contributed by atoms with Crippen LogP contribution in [0.4, 0.5) is 5.95 Å². The lowest BCUT2D eigenvalue weighted by molar-refractivity contribution is 0.400. The second kappa shape index (κ2) is 5.70. The number of aromatic nitrogens is 6. The molecular formula is C12H16ClN7. The molecule has 20 heavy (non-hydrogen) atoms. The third-order valence-electron chi connectivity index (χ3n) is 3.59. The van der Waals surface area contributed by atoms with E-state index in [1.54, 1.807) is 6.33 Å². The number of halogens is 1. The zero-order chi connectivity index (χ0) is 13.9. The molecule has 7 nitrogen and oxygen atoms in total. The van der Waals surface area contributed by atoms with Gasteiger partial charge < -0.3 is 4.90 Å². The fraction of sp³-hybridized carbons (Fsp3) is 0.583. The molecule has 1 atom stereocenters. The average Bonchev–Trinajstić information content (AvgIpc) is 3.01. The first kappa shape index (κ1) is 13.2. The summed E-state index contributed by atoms with van der Waals surface area (Å²) in [7, 11) is 0. The highest BCUT2D eigenvalue weighted by molar-refractivity contribution is 6.28. The lowest BCUT2D eigenvalue weighted by Crippen LogP contribution is -2.36. The van der Waals surface area contributed by atoms with Gasteiger partial charge in [-0.1, -0.05) is 13.3 Å². The fourth-order valence-electron chi connectivity index (χ4n) is 2.46. The standard InChI is InChI=1S/C12H16ClN7/c1-2-9-4-3-5-19(6-9)11-16-10(13)17-12(18-11)20-8-14-7-15-20/h7-9H,2-6H2,1H3. The Morgan fingerprint density at radius 3 is 2.90 bits per heavy atom. The van der Waals surface area contributed by atoms with Crippen LogP contribution < -0.4 is 4.90 Å². The quantitative estimate of drug-likeness (QED) is 0.858.